The van der Waals surface area contributed by atoms with Gasteiger partial charge in [-0.05, 0) is 59.9 Å². The lowest BCUT2D eigenvalue weighted by Crippen LogP contribution is -2.51. The van der Waals surface area contributed by atoms with Crippen LogP contribution in [0.25, 0.3) is 0 Å². The quantitative estimate of drug-likeness (QED) is 0.609. The van der Waals surface area contributed by atoms with Crippen LogP contribution in [-0.2, 0) is 0 Å². The Balaban J connectivity index is 2.56. The Labute approximate surface area is 118 Å². The molecule has 0 radical (unpaired) electrons. The molecule has 0 aromatic heterocycles. The highest BCUT2D eigenvalue weighted by molar-refractivity contribution is 5.78. The van der Waals surface area contributed by atoms with Gasteiger partial charge in [0.15, 0.2) is 5.96 Å². The summed E-state index contributed by atoms with van der Waals surface area (Å²) in [7, 11) is 0. The standard InChI is InChI=1S/C15H32N4/c1-12-8-7-9-19(10-12)15(5,6)11-17-13(16)18-14(2,3)4/h12H,7-11H2,1-6H3,(H3,16,17,18). The first-order valence-electron chi connectivity index (χ1n) is 7.43. The molecule has 0 aromatic carbocycles. The molecule has 1 aliphatic rings. The Kier molecular flexibility index (Phi) is 5.25. The van der Waals surface area contributed by atoms with E-state index < -0.39 is 0 Å². The van der Waals surface area contributed by atoms with Crippen LogP contribution in [0.2, 0.25) is 0 Å². The van der Waals surface area contributed by atoms with E-state index in [0.717, 1.165) is 12.5 Å². The van der Waals surface area contributed by atoms with Crippen LogP contribution in [-0.4, -0.2) is 41.6 Å². The summed E-state index contributed by atoms with van der Waals surface area (Å²) >= 11 is 0. The number of likely N-dealkylation sites (tertiary alicyclic amines) is 1. The zero-order valence-corrected chi connectivity index (χ0v) is 13.6. The summed E-state index contributed by atoms with van der Waals surface area (Å²) < 4.78 is 0. The number of hydrogen-bond acceptors (Lipinski definition) is 2. The predicted molar refractivity (Wildman–Crippen MR) is 83.4 cm³/mol. The zero-order chi connectivity index (χ0) is 14.7. The molecule has 1 heterocycles. The molecule has 0 bridgehead atoms. The van der Waals surface area contributed by atoms with Crippen molar-refractivity contribution in [3.8, 4) is 0 Å². The minimum absolute atomic E-state index is 0.0304. The zero-order valence-electron chi connectivity index (χ0n) is 13.6. The highest BCUT2D eigenvalue weighted by Crippen LogP contribution is 2.23. The van der Waals surface area contributed by atoms with Crippen molar-refractivity contribution in [1.29, 1.82) is 0 Å². The maximum atomic E-state index is 5.94. The number of hydrogen-bond donors (Lipinski definition) is 2. The van der Waals surface area contributed by atoms with E-state index in [1.54, 1.807) is 0 Å². The first-order chi connectivity index (χ1) is 8.60. The van der Waals surface area contributed by atoms with Gasteiger partial charge in [0.1, 0.15) is 0 Å². The largest absolute Gasteiger partial charge is 0.370 e. The number of piperidine rings is 1. The molecule has 19 heavy (non-hydrogen) atoms. The molecule has 1 aliphatic heterocycles. The summed E-state index contributed by atoms with van der Waals surface area (Å²) in [4.78, 5) is 7.07. The van der Waals surface area contributed by atoms with Crippen LogP contribution < -0.4 is 11.1 Å². The molecular formula is C15H32N4. The highest BCUT2D eigenvalue weighted by Gasteiger charge is 2.29. The van der Waals surface area contributed by atoms with Gasteiger partial charge in [-0.25, -0.2) is 0 Å². The maximum Gasteiger partial charge on any atom is 0.189 e. The van der Waals surface area contributed by atoms with Crippen LogP contribution in [0, 0.1) is 5.92 Å². The minimum atomic E-state index is -0.0304. The van der Waals surface area contributed by atoms with Gasteiger partial charge in [0, 0.05) is 17.6 Å². The van der Waals surface area contributed by atoms with Gasteiger partial charge in [-0.3, -0.25) is 9.89 Å². The van der Waals surface area contributed by atoms with E-state index in [2.05, 4.69) is 56.8 Å². The van der Waals surface area contributed by atoms with E-state index in [-0.39, 0.29) is 11.1 Å². The Morgan fingerprint density at radius 1 is 1.32 bits per heavy atom. The summed E-state index contributed by atoms with van der Waals surface area (Å²) in [5.74, 6) is 1.34. The monoisotopic (exact) mass is 268 g/mol. The van der Waals surface area contributed by atoms with Crippen LogP contribution in [0.15, 0.2) is 4.99 Å². The smallest absolute Gasteiger partial charge is 0.189 e. The second-order valence-corrected chi connectivity index (χ2v) is 7.58. The van der Waals surface area contributed by atoms with Crippen molar-refractivity contribution in [3.05, 3.63) is 0 Å². The van der Waals surface area contributed by atoms with Gasteiger partial charge in [-0.2, -0.15) is 0 Å². The third kappa shape index (κ3) is 5.81. The molecule has 4 heteroatoms. The Hall–Kier alpha value is -0.770. The molecule has 3 N–H and O–H groups in total. The second-order valence-electron chi connectivity index (χ2n) is 7.58. The molecule has 0 amide bonds. The van der Waals surface area contributed by atoms with Crippen LogP contribution in [0.3, 0.4) is 0 Å². The molecule has 0 aliphatic carbocycles. The van der Waals surface area contributed by atoms with Crippen molar-refractivity contribution < 1.29 is 0 Å². The molecule has 1 saturated heterocycles. The fourth-order valence-corrected chi connectivity index (χ4v) is 2.54. The van der Waals surface area contributed by atoms with E-state index >= 15 is 0 Å². The Bertz CT molecular complexity index is 315. The molecular weight excluding hydrogens is 236 g/mol. The van der Waals surface area contributed by atoms with Gasteiger partial charge in [-0.1, -0.05) is 6.92 Å². The van der Waals surface area contributed by atoms with Crippen molar-refractivity contribution >= 4 is 5.96 Å². The third-order valence-electron chi connectivity index (χ3n) is 3.65. The minimum Gasteiger partial charge on any atom is -0.370 e. The van der Waals surface area contributed by atoms with Gasteiger partial charge in [0.05, 0.1) is 6.54 Å². The number of rotatable bonds is 3. The second kappa shape index (κ2) is 6.12. The third-order valence-corrected chi connectivity index (χ3v) is 3.65. The highest BCUT2D eigenvalue weighted by atomic mass is 15.2. The molecule has 1 atom stereocenters. The van der Waals surface area contributed by atoms with Gasteiger partial charge in [0.25, 0.3) is 0 Å². The molecule has 1 fully saturated rings. The number of nitrogens with zero attached hydrogens (tertiary/aromatic N) is 2. The van der Waals surface area contributed by atoms with E-state index in [1.807, 2.05) is 0 Å². The van der Waals surface area contributed by atoms with E-state index in [4.69, 9.17) is 5.73 Å². The first-order valence-corrected chi connectivity index (χ1v) is 7.43. The lowest BCUT2D eigenvalue weighted by molar-refractivity contribution is 0.0774. The summed E-state index contributed by atoms with van der Waals surface area (Å²) in [6, 6.07) is 0. The summed E-state index contributed by atoms with van der Waals surface area (Å²) in [6.45, 7) is 16.2. The summed E-state index contributed by atoms with van der Waals surface area (Å²) in [6.07, 6.45) is 2.65. The average molecular weight is 268 g/mol. The maximum absolute atomic E-state index is 5.94. The number of nitrogens with one attached hydrogen (secondary N) is 1. The van der Waals surface area contributed by atoms with Gasteiger partial charge >= 0.3 is 0 Å². The fraction of sp³-hybridized carbons (Fsp3) is 0.933. The van der Waals surface area contributed by atoms with Gasteiger partial charge in [0.2, 0.25) is 0 Å². The fourth-order valence-electron chi connectivity index (χ4n) is 2.54. The normalized spacial score (nSPS) is 23.5. The molecule has 4 nitrogen and oxygen atoms in total. The van der Waals surface area contributed by atoms with Crippen molar-refractivity contribution in [1.82, 2.24) is 10.2 Å². The topological polar surface area (TPSA) is 53.6 Å². The molecule has 112 valence electrons. The van der Waals surface area contributed by atoms with Crippen LogP contribution in [0.4, 0.5) is 0 Å². The van der Waals surface area contributed by atoms with Crippen molar-refractivity contribution in [2.75, 3.05) is 19.6 Å². The Morgan fingerprint density at radius 3 is 2.47 bits per heavy atom. The lowest BCUT2D eigenvalue weighted by atomic mass is 9.94. The van der Waals surface area contributed by atoms with Crippen LogP contribution >= 0.6 is 0 Å². The van der Waals surface area contributed by atoms with Crippen molar-refractivity contribution in [2.24, 2.45) is 16.6 Å². The summed E-state index contributed by atoms with van der Waals surface area (Å²) in [5.41, 5.74) is 6.00. The van der Waals surface area contributed by atoms with Crippen LogP contribution in [0.5, 0.6) is 0 Å². The SMILES string of the molecule is CC1CCCN(C(C)(C)CN=C(N)NC(C)(C)C)C1. The molecule has 1 rings (SSSR count). The summed E-state index contributed by atoms with van der Waals surface area (Å²) in [5, 5.41) is 3.21. The molecule has 1 unspecified atom stereocenters. The van der Waals surface area contributed by atoms with Gasteiger partial charge < -0.3 is 11.1 Å². The first kappa shape index (κ1) is 16.3. The number of guanidine groups is 1. The van der Waals surface area contributed by atoms with Gasteiger partial charge in [-0.15, -0.1) is 0 Å². The van der Waals surface area contributed by atoms with E-state index in [0.29, 0.717) is 5.96 Å². The lowest BCUT2D eigenvalue weighted by Gasteiger charge is -2.42. The molecule has 0 spiro atoms. The Morgan fingerprint density at radius 2 is 1.95 bits per heavy atom. The van der Waals surface area contributed by atoms with Crippen molar-refractivity contribution in [2.45, 2.75) is 65.5 Å². The van der Waals surface area contributed by atoms with E-state index in [1.165, 1.54) is 25.9 Å². The number of nitrogens with two attached hydrogens (primary N) is 1. The number of aliphatic imine (C=N–C) groups is 1. The van der Waals surface area contributed by atoms with E-state index in [9.17, 15) is 0 Å². The average Bonchev–Trinajstić information content (AvgIpc) is 2.24. The molecule has 0 saturated carbocycles. The predicted octanol–water partition coefficient (Wildman–Crippen LogP) is 2.20. The molecule has 0 aromatic rings. The van der Waals surface area contributed by atoms with Crippen molar-refractivity contribution in [3.63, 3.8) is 0 Å². The van der Waals surface area contributed by atoms with Crippen LogP contribution in [0.1, 0.15) is 54.4 Å².